The second-order valence-electron chi connectivity index (χ2n) is 4.89. The van der Waals surface area contributed by atoms with Crippen molar-refractivity contribution in [3.05, 3.63) is 0 Å². The molecule has 100 valence electrons. The number of hydrogen-bond acceptors (Lipinski definition) is 4. The second-order valence-corrected chi connectivity index (χ2v) is 4.89. The van der Waals surface area contributed by atoms with Crippen LogP contribution < -0.4 is 5.73 Å². The van der Waals surface area contributed by atoms with Gasteiger partial charge in [0.2, 0.25) is 5.91 Å². The van der Waals surface area contributed by atoms with Crippen LogP contribution in [0.1, 0.15) is 26.7 Å². The van der Waals surface area contributed by atoms with Gasteiger partial charge < -0.3 is 20.5 Å². The number of rotatable bonds is 5. The van der Waals surface area contributed by atoms with Crippen molar-refractivity contribution in [1.29, 1.82) is 0 Å². The Morgan fingerprint density at radius 3 is 2.53 bits per heavy atom. The quantitative estimate of drug-likeness (QED) is 0.712. The van der Waals surface area contributed by atoms with E-state index in [0.717, 1.165) is 12.8 Å². The van der Waals surface area contributed by atoms with Gasteiger partial charge in [-0.2, -0.15) is 0 Å². The van der Waals surface area contributed by atoms with Gasteiger partial charge in [-0.3, -0.25) is 4.79 Å². The maximum atomic E-state index is 12.0. The van der Waals surface area contributed by atoms with Crippen molar-refractivity contribution >= 4 is 5.91 Å². The molecular formula is C12H24N2O3. The van der Waals surface area contributed by atoms with Crippen molar-refractivity contribution in [1.82, 2.24) is 4.90 Å². The van der Waals surface area contributed by atoms with E-state index in [2.05, 4.69) is 0 Å². The fourth-order valence-corrected chi connectivity index (χ4v) is 1.96. The lowest BCUT2D eigenvalue weighted by Gasteiger charge is -2.34. The Kier molecular flexibility index (Phi) is 5.88. The third kappa shape index (κ3) is 4.26. The molecule has 1 saturated heterocycles. The van der Waals surface area contributed by atoms with Crippen molar-refractivity contribution in [2.24, 2.45) is 11.7 Å². The Labute approximate surface area is 103 Å². The minimum absolute atomic E-state index is 0.0422. The van der Waals surface area contributed by atoms with Gasteiger partial charge in [-0.1, -0.05) is 13.8 Å². The number of nitrogens with two attached hydrogens (primary N) is 1. The predicted molar refractivity (Wildman–Crippen MR) is 65.5 cm³/mol. The van der Waals surface area contributed by atoms with E-state index in [1.165, 1.54) is 0 Å². The van der Waals surface area contributed by atoms with Crippen LogP contribution >= 0.6 is 0 Å². The highest BCUT2D eigenvalue weighted by atomic mass is 16.5. The topological polar surface area (TPSA) is 75.8 Å². The van der Waals surface area contributed by atoms with Gasteiger partial charge in [0.05, 0.1) is 25.4 Å². The zero-order chi connectivity index (χ0) is 12.8. The molecule has 1 rings (SSSR count). The maximum Gasteiger partial charge on any atom is 0.239 e. The maximum absolute atomic E-state index is 12.0. The Balaban J connectivity index is 2.33. The van der Waals surface area contributed by atoms with E-state index in [1.54, 1.807) is 0 Å². The number of nitrogens with zero attached hydrogens (tertiary/aromatic N) is 1. The van der Waals surface area contributed by atoms with E-state index in [4.69, 9.17) is 15.6 Å². The summed E-state index contributed by atoms with van der Waals surface area (Å²) in [6.45, 7) is 5.76. The number of carbonyl (C=O) groups is 1. The van der Waals surface area contributed by atoms with Gasteiger partial charge in [0.25, 0.3) is 0 Å². The Bertz CT molecular complexity index is 238. The molecule has 5 heteroatoms. The van der Waals surface area contributed by atoms with Crippen molar-refractivity contribution in [2.75, 3.05) is 26.3 Å². The summed E-state index contributed by atoms with van der Waals surface area (Å²) in [5.41, 5.74) is 5.85. The summed E-state index contributed by atoms with van der Waals surface area (Å²) in [6, 6.07) is -0.398. The molecule has 0 aromatic rings. The molecule has 0 aromatic carbocycles. The SMILES string of the molecule is CC(C)C(N)C(=O)N1CCC(OCCO)CC1. The van der Waals surface area contributed by atoms with Crippen LogP contribution in [-0.2, 0) is 9.53 Å². The number of likely N-dealkylation sites (tertiary alicyclic amines) is 1. The van der Waals surface area contributed by atoms with Crippen molar-refractivity contribution < 1.29 is 14.6 Å². The van der Waals surface area contributed by atoms with Crippen molar-refractivity contribution in [3.63, 3.8) is 0 Å². The first-order valence-corrected chi connectivity index (χ1v) is 6.33. The van der Waals surface area contributed by atoms with Crippen molar-refractivity contribution in [3.8, 4) is 0 Å². The zero-order valence-corrected chi connectivity index (χ0v) is 10.8. The normalized spacial score (nSPS) is 19.7. The molecule has 0 saturated carbocycles. The second kappa shape index (κ2) is 6.93. The number of aliphatic hydroxyl groups excluding tert-OH is 1. The van der Waals surface area contributed by atoms with Gasteiger partial charge in [-0.05, 0) is 18.8 Å². The average Bonchev–Trinajstić information content (AvgIpc) is 2.35. The molecule has 17 heavy (non-hydrogen) atoms. The molecule has 1 amide bonds. The molecule has 0 aromatic heterocycles. The average molecular weight is 244 g/mol. The lowest BCUT2D eigenvalue weighted by Crippen LogP contribution is -2.50. The molecule has 0 spiro atoms. The highest BCUT2D eigenvalue weighted by Crippen LogP contribution is 2.15. The first kappa shape index (κ1) is 14.4. The van der Waals surface area contributed by atoms with Crippen LogP contribution in [0.5, 0.6) is 0 Å². The van der Waals surface area contributed by atoms with E-state index < -0.39 is 6.04 Å². The fourth-order valence-electron chi connectivity index (χ4n) is 1.96. The summed E-state index contributed by atoms with van der Waals surface area (Å²) < 4.78 is 5.45. The minimum atomic E-state index is -0.398. The first-order valence-electron chi connectivity index (χ1n) is 6.33. The highest BCUT2D eigenvalue weighted by molar-refractivity contribution is 5.82. The molecule has 0 radical (unpaired) electrons. The van der Waals surface area contributed by atoms with Gasteiger partial charge in [-0.15, -0.1) is 0 Å². The van der Waals surface area contributed by atoms with Crippen LogP contribution in [0.25, 0.3) is 0 Å². The molecular weight excluding hydrogens is 220 g/mol. The van der Waals surface area contributed by atoms with Crippen LogP contribution in [0.3, 0.4) is 0 Å². The molecule has 1 unspecified atom stereocenters. The minimum Gasteiger partial charge on any atom is -0.394 e. The molecule has 1 aliphatic rings. The smallest absolute Gasteiger partial charge is 0.239 e. The summed E-state index contributed by atoms with van der Waals surface area (Å²) >= 11 is 0. The monoisotopic (exact) mass is 244 g/mol. The summed E-state index contributed by atoms with van der Waals surface area (Å²) in [7, 11) is 0. The number of aliphatic hydroxyl groups is 1. The number of carbonyl (C=O) groups excluding carboxylic acids is 1. The third-order valence-corrected chi connectivity index (χ3v) is 3.20. The Hall–Kier alpha value is -0.650. The van der Waals surface area contributed by atoms with Crippen LogP contribution in [0.2, 0.25) is 0 Å². The van der Waals surface area contributed by atoms with Gasteiger partial charge in [0.15, 0.2) is 0 Å². The zero-order valence-electron chi connectivity index (χ0n) is 10.8. The van der Waals surface area contributed by atoms with E-state index >= 15 is 0 Å². The van der Waals surface area contributed by atoms with Crippen molar-refractivity contribution in [2.45, 2.75) is 38.8 Å². The van der Waals surface area contributed by atoms with Crippen LogP contribution in [0.4, 0.5) is 0 Å². The number of piperidine rings is 1. The molecule has 0 bridgehead atoms. The fraction of sp³-hybridized carbons (Fsp3) is 0.917. The van der Waals surface area contributed by atoms with Gasteiger partial charge in [0.1, 0.15) is 0 Å². The Morgan fingerprint density at radius 2 is 2.06 bits per heavy atom. The first-order chi connectivity index (χ1) is 8.06. The standard InChI is InChI=1S/C12H24N2O3/c1-9(2)11(13)12(16)14-5-3-10(4-6-14)17-8-7-15/h9-11,15H,3-8,13H2,1-2H3. The van der Waals surface area contributed by atoms with E-state index in [0.29, 0.717) is 19.7 Å². The number of amides is 1. The molecule has 0 aliphatic carbocycles. The summed E-state index contributed by atoms with van der Waals surface area (Å²) in [4.78, 5) is 13.8. The Morgan fingerprint density at radius 1 is 1.47 bits per heavy atom. The predicted octanol–water partition coefficient (Wildman–Crippen LogP) is -0.0304. The van der Waals surface area contributed by atoms with Gasteiger partial charge >= 0.3 is 0 Å². The van der Waals surface area contributed by atoms with Gasteiger partial charge in [0, 0.05) is 13.1 Å². The molecule has 1 aliphatic heterocycles. The number of ether oxygens (including phenoxy) is 1. The lowest BCUT2D eigenvalue weighted by molar-refractivity contribution is -0.136. The molecule has 1 atom stereocenters. The summed E-state index contributed by atoms with van der Waals surface area (Å²) in [6.07, 6.45) is 1.83. The lowest BCUT2D eigenvalue weighted by atomic mass is 10.0. The van der Waals surface area contributed by atoms with Gasteiger partial charge in [-0.25, -0.2) is 0 Å². The highest BCUT2D eigenvalue weighted by Gasteiger charge is 2.27. The van der Waals surface area contributed by atoms with E-state index in [-0.39, 0.29) is 24.5 Å². The third-order valence-electron chi connectivity index (χ3n) is 3.20. The van der Waals surface area contributed by atoms with E-state index in [9.17, 15) is 4.79 Å². The van der Waals surface area contributed by atoms with Crippen LogP contribution in [-0.4, -0.2) is 54.4 Å². The summed E-state index contributed by atoms with van der Waals surface area (Å²) in [5, 5.41) is 8.66. The molecule has 3 N–H and O–H groups in total. The molecule has 1 fully saturated rings. The molecule has 1 heterocycles. The van der Waals surface area contributed by atoms with Crippen LogP contribution in [0.15, 0.2) is 0 Å². The largest absolute Gasteiger partial charge is 0.394 e. The molecule has 5 nitrogen and oxygen atoms in total. The van der Waals surface area contributed by atoms with Crippen LogP contribution in [0, 0.1) is 5.92 Å². The summed E-state index contributed by atoms with van der Waals surface area (Å²) in [5.74, 6) is 0.214. The number of hydrogen-bond donors (Lipinski definition) is 2. The van der Waals surface area contributed by atoms with E-state index in [1.807, 2.05) is 18.7 Å².